The van der Waals surface area contributed by atoms with Crippen LogP contribution in [-0.4, -0.2) is 17.4 Å². The number of hydrogen-bond acceptors (Lipinski definition) is 3. The van der Waals surface area contributed by atoms with Crippen LogP contribution in [0.5, 0.6) is 0 Å². The summed E-state index contributed by atoms with van der Waals surface area (Å²) in [6.07, 6.45) is 0. The molecule has 0 aliphatic rings. The Balaban J connectivity index is 2.14. The lowest BCUT2D eigenvalue weighted by atomic mass is 9.93. The van der Waals surface area contributed by atoms with Gasteiger partial charge in [-0.25, -0.2) is 0 Å². The van der Waals surface area contributed by atoms with Gasteiger partial charge in [0, 0.05) is 17.3 Å². The van der Waals surface area contributed by atoms with Crippen LogP contribution in [0.2, 0.25) is 0 Å². The lowest BCUT2D eigenvalue weighted by molar-refractivity contribution is 0.0919. The lowest BCUT2D eigenvalue weighted by Crippen LogP contribution is -2.41. The molecule has 0 saturated carbocycles. The lowest BCUT2D eigenvalue weighted by Gasteiger charge is -2.22. The molecule has 2 rings (SSSR count). The van der Waals surface area contributed by atoms with Crippen molar-refractivity contribution in [3.63, 3.8) is 0 Å². The number of rotatable bonds is 4. The molecule has 1 heterocycles. The monoisotopic (exact) mass is 290 g/mol. The number of carbonyl (C=O) groups is 1. The fourth-order valence-electron chi connectivity index (χ4n) is 1.75. The zero-order valence-corrected chi connectivity index (χ0v) is 12.6. The Hall–Kier alpha value is -1.88. The molecule has 0 atom stereocenters. The molecule has 4 nitrogen and oxygen atoms in total. The Morgan fingerprint density at radius 2 is 2.10 bits per heavy atom. The van der Waals surface area contributed by atoms with Gasteiger partial charge in [0.2, 0.25) is 0 Å². The maximum absolute atomic E-state index is 12.1. The summed E-state index contributed by atoms with van der Waals surface area (Å²) in [6.45, 7) is 6.14. The van der Waals surface area contributed by atoms with Gasteiger partial charge in [-0.1, -0.05) is 37.7 Å². The van der Waals surface area contributed by atoms with Gasteiger partial charge in [0.05, 0.1) is 4.99 Å². The molecule has 0 aliphatic carbocycles. The number of nitrogens with two attached hydrogens (primary N) is 1. The topological polar surface area (TPSA) is 68.3 Å². The van der Waals surface area contributed by atoms with E-state index in [1.165, 1.54) is 0 Å². The Kier molecular flexibility index (Phi) is 3.81. The molecule has 0 unspecified atom stereocenters. The van der Waals surface area contributed by atoms with Gasteiger partial charge in [-0.2, -0.15) is 0 Å². The molecule has 0 saturated heterocycles. The molecule has 0 bridgehead atoms. The maximum Gasteiger partial charge on any atom is 0.287 e. The number of furan rings is 1. The van der Waals surface area contributed by atoms with Gasteiger partial charge in [-0.3, -0.25) is 4.79 Å². The average Bonchev–Trinajstić information content (AvgIpc) is 2.78. The number of thiocarbonyl (C=S) groups is 1. The van der Waals surface area contributed by atoms with Gasteiger partial charge < -0.3 is 15.5 Å². The van der Waals surface area contributed by atoms with Crippen LogP contribution < -0.4 is 11.1 Å². The van der Waals surface area contributed by atoms with Gasteiger partial charge in [0.1, 0.15) is 5.58 Å². The van der Waals surface area contributed by atoms with Crippen molar-refractivity contribution >= 4 is 34.1 Å². The summed E-state index contributed by atoms with van der Waals surface area (Å²) in [7, 11) is 0. The van der Waals surface area contributed by atoms with E-state index in [1.807, 2.05) is 39.0 Å². The number of carbonyl (C=O) groups excluding carboxylic acids is 1. The Labute approximate surface area is 123 Å². The number of aryl methyl sites for hydroxylation is 1. The van der Waals surface area contributed by atoms with E-state index in [0.717, 1.165) is 10.9 Å². The first-order valence-electron chi connectivity index (χ1n) is 6.38. The van der Waals surface area contributed by atoms with Gasteiger partial charge in [0.15, 0.2) is 5.76 Å². The zero-order valence-electron chi connectivity index (χ0n) is 11.8. The minimum absolute atomic E-state index is 0.261. The SMILES string of the molecule is Cc1ccc2oc(C(=O)NCC(C)(C)C(N)=S)cc2c1. The van der Waals surface area contributed by atoms with Crippen LogP contribution in [0.15, 0.2) is 28.7 Å². The standard InChI is InChI=1S/C15H18N2O2S/c1-9-4-5-11-10(6-9)7-12(19-11)13(18)17-8-15(2,3)14(16)20/h4-7H,8H2,1-3H3,(H2,16,20)(H,17,18). The van der Waals surface area contributed by atoms with E-state index < -0.39 is 5.41 Å². The van der Waals surface area contributed by atoms with Gasteiger partial charge in [-0.15, -0.1) is 0 Å². The van der Waals surface area contributed by atoms with E-state index in [4.69, 9.17) is 22.4 Å². The normalized spacial score (nSPS) is 11.6. The number of fused-ring (bicyclic) bond motifs is 1. The Bertz CT molecular complexity index is 674. The van der Waals surface area contributed by atoms with Crippen LogP contribution in [-0.2, 0) is 0 Å². The van der Waals surface area contributed by atoms with Crippen LogP contribution in [0, 0.1) is 12.3 Å². The van der Waals surface area contributed by atoms with Crippen molar-refractivity contribution in [2.75, 3.05) is 6.54 Å². The van der Waals surface area contributed by atoms with Crippen molar-refractivity contribution in [2.24, 2.45) is 11.1 Å². The minimum Gasteiger partial charge on any atom is -0.451 e. The first-order chi connectivity index (χ1) is 9.29. The highest BCUT2D eigenvalue weighted by molar-refractivity contribution is 7.80. The van der Waals surface area contributed by atoms with E-state index in [-0.39, 0.29) is 5.91 Å². The highest BCUT2D eigenvalue weighted by Crippen LogP contribution is 2.21. The van der Waals surface area contributed by atoms with E-state index in [9.17, 15) is 4.79 Å². The van der Waals surface area contributed by atoms with Crippen molar-refractivity contribution in [3.05, 3.63) is 35.6 Å². The summed E-state index contributed by atoms with van der Waals surface area (Å²) >= 11 is 4.97. The van der Waals surface area contributed by atoms with E-state index in [1.54, 1.807) is 6.07 Å². The first-order valence-corrected chi connectivity index (χ1v) is 6.79. The third-order valence-electron chi connectivity index (χ3n) is 3.25. The zero-order chi connectivity index (χ0) is 14.9. The summed E-state index contributed by atoms with van der Waals surface area (Å²) in [5, 5.41) is 3.72. The molecular weight excluding hydrogens is 272 g/mol. The summed E-state index contributed by atoms with van der Waals surface area (Å²) in [6, 6.07) is 7.53. The van der Waals surface area contributed by atoms with Crippen molar-refractivity contribution < 1.29 is 9.21 Å². The van der Waals surface area contributed by atoms with Crippen molar-refractivity contribution in [1.29, 1.82) is 0 Å². The second-order valence-corrected chi connectivity index (χ2v) is 6.02. The van der Waals surface area contributed by atoms with E-state index in [0.29, 0.717) is 22.9 Å². The average molecular weight is 290 g/mol. The molecule has 1 amide bonds. The second-order valence-electron chi connectivity index (χ2n) is 5.58. The summed E-state index contributed by atoms with van der Waals surface area (Å²) in [4.78, 5) is 12.5. The molecule has 0 aliphatic heterocycles. The number of hydrogen-bond donors (Lipinski definition) is 2. The highest BCUT2D eigenvalue weighted by Gasteiger charge is 2.23. The predicted molar refractivity (Wildman–Crippen MR) is 83.9 cm³/mol. The highest BCUT2D eigenvalue weighted by atomic mass is 32.1. The summed E-state index contributed by atoms with van der Waals surface area (Å²) in [5.74, 6) is 0.0347. The largest absolute Gasteiger partial charge is 0.451 e. The summed E-state index contributed by atoms with van der Waals surface area (Å²) < 4.78 is 5.53. The molecule has 106 valence electrons. The molecule has 0 spiro atoms. The van der Waals surface area contributed by atoms with Crippen LogP contribution in [0.1, 0.15) is 30.0 Å². The smallest absolute Gasteiger partial charge is 0.287 e. The van der Waals surface area contributed by atoms with Crippen molar-refractivity contribution in [3.8, 4) is 0 Å². The molecule has 20 heavy (non-hydrogen) atoms. The Morgan fingerprint density at radius 3 is 2.75 bits per heavy atom. The molecule has 1 aromatic carbocycles. The molecule has 0 fully saturated rings. The number of amides is 1. The van der Waals surface area contributed by atoms with Crippen molar-refractivity contribution in [2.45, 2.75) is 20.8 Å². The number of nitrogens with one attached hydrogen (secondary N) is 1. The van der Waals surface area contributed by atoms with Crippen molar-refractivity contribution in [1.82, 2.24) is 5.32 Å². The second kappa shape index (κ2) is 5.25. The van der Waals surface area contributed by atoms with E-state index in [2.05, 4.69) is 5.32 Å². The van der Waals surface area contributed by atoms with E-state index >= 15 is 0 Å². The molecule has 5 heteroatoms. The fourth-order valence-corrected chi connectivity index (χ4v) is 1.82. The molecule has 2 aromatic rings. The van der Waals surface area contributed by atoms with Crippen LogP contribution >= 0.6 is 12.2 Å². The van der Waals surface area contributed by atoms with Crippen LogP contribution in [0.4, 0.5) is 0 Å². The predicted octanol–water partition coefficient (Wildman–Crippen LogP) is 2.78. The summed E-state index contributed by atoms with van der Waals surface area (Å²) in [5.41, 5.74) is 7.03. The molecule has 1 aromatic heterocycles. The quantitative estimate of drug-likeness (QED) is 0.850. The third-order valence-corrected chi connectivity index (χ3v) is 3.81. The maximum atomic E-state index is 12.1. The van der Waals surface area contributed by atoms with Crippen LogP contribution in [0.25, 0.3) is 11.0 Å². The number of benzene rings is 1. The van der Waals surface area contributed by atoms with Gasteiger partial charge in [0.25, 0.3) is 5.91 Å². The van der Waals surface area contributed by atoms with Gasteiger partial charge in [-0.05, 0) is 25.1 Å². The molecular formula is C15H18N2O2S. The minimum atomic E-state index is -0.423. The van der Waals surface area contributed by atoms with Gasteiger partial charge >= 0.3 is 0 Å². The molecule has 0 radical (unpaired) electrons. The fraction of sp³-hybridized carbons (Fsp3) is 0.333. The Morgan fingerprint density at radius 1 is 1.40 bits per heavy atom. The van der Waals surface area contributed by atoms with Crippen LogP contribution in [0.3, 0.4) is 0 Å². The first kappa shape index (κ1) is 14.5. The third kappa shape index (κ3) is 2.99. The molecule has 3 N–H and O–H groups in total.